The van der Waals surface area contributed by atoms with Crippen LogP contribution in [0.15, 0.2) is 36.6 Å². The maximum atomic E-state index is 11.5. The first-order valence-corrected chi connectivity index (χ1v) is 6.18. The van der Waals surface area contributed by atoms with Gasteiger partial charge in [-0.2, -0.15) is 0 Å². The molecule has 1 saturated heterocycles. The quantitative estimate of drug-likeness (QED) is 0.700. The van der Waals surface area contributed by atoms with Crippen LogP contribution in [-0.4, -0.2) is 30.5 Å². The van der Waals surface area contributed by atoms with Gasteiger partial charge in [0.1, 0.15) is 0 Å². The summed E-state index contributed by atoms with van der Waals surface area (Å²) in [4.78, 5) is 13.7. The fourth-order valence-corrected chi connectivity index (χ4v) is 2.14. The summed E-state index contributed by atoms with van der Waals surface area (Å²) in [6.07, 6.45) is 14.3. The van der Waals surface area contributed by atoms with Crippen molar-refractivity contribution in [2.45, 2.75) is 25.5 Å². The highest BCUT2D eigenvalue weighted by atomic mass is 16.5. The van der Waals surface area contributed by atoms with E-state index in [0.29, 0.717) is 0 Å². The van der Waals surface area contributed by atoms with Crippen LogP contribution in [0.1, 0.15) is 19.3 Å². The Morgan fingerprint density at radius 1 is 1.41 bits per heavy atom. The van der Waals surface area contributed by atoms with Gasteiger partial charge in [-0.25, -0.2) is 0 Å². The molecule has 1 aliphatic carbocycles. The van der Waals surface area contributed by atoms with Crippen LogP contribution in [0.2, 0.25) is 0 Å². The molecule has 1 fully saturated rings. The van der Waals surface area contributed by atoms with E-state index in [-0.39, 0.29) is 17.9 Å². The van der Waals surface area contributed by atoms with Crippen LogP contribution in [0, 0.1) is 5.92 Å². The molecule has 1 aliphatic heterocycles. The van der Waals surface area contributed by atoms with Gasteiger partial charge in [0.2, 0.25) is 0 Å². The molecule has 17 heavy (non-hydrogen) atoms. The summed E-state index contributed by atoms with van der Waals surface area (Å²) in [6.45, 7) is 1.09. The molecule has 2 atom stereocenters. The first-order valence-electron chi connectivity index (χ1n) is 6.18. The van der Waals surface area contributed by atoms with E-state index in [9.17, 15) is 4.79 Å². The summed E-state index contributed by atoms with van der Waals surface area (Å²) in [7, 11) is 2.08. The van der Waals surface area contributed by atoms with Crippen LogP contribution in [-0.2, 0) is 9.53 Å². The Balaban J connectivity index is 1.82. The molecule has 92 valence electrons. The van der Waals surface area contributed by atoms with Gasteiger partial charge < -0.3 is 4.74 Å². The average molecular weight is 233 g/mol. The molecule has 0 saturated carbocycles. The van der Waals surface area contributed by atoms with E-state index in [0.717, 1.165) is 13.0 Å². The van der Waals surface area contributed by atoms with Gasteiger partial charge >= 0.3 is 0 Å². The Kier molecular flexibility index (Phi) is 4.15. The minimum atomic E-state index is -0.158. The minimum absolute atomic E-state index is 0.115. The first-order chi connectivity index (χ1) is 8.27. The van der Waals surface area contributed by atoms with E-state index in [4.69, 9.17) is 4.74 Å². The van der Waals surface area contributed by atoms with Crippen molar-refractivity contribution in [3.63, 3.8) is 0 Å². The lowest BCUT2D eigenvalue weighted by molar-refractivity contribution is -0.116. The third kappa shape index (κ3) is 3.30. The van der Waals surface area contributed by atoms with Crippen molar-refractivity contribution in [3.8, 4) is 0 Å². The van der Waals surface area contributed by atoms with E-state index in [2.05, 4.69) is 11.9 Å². The molecule has 0 radical (unpaired) electrons. The topological polar surface area (TPSA) is 29.5 Å². The van der Waals surface area contributed by atoms with Gasteiger partial charge in [-0.15, -0.1) is 0 Å². The van der Waals surface area contributed by atoms with E-state index < -0.39 is 0 Å². The van der Waals surface area contributed by atoms with Gasteiger partial charge in [-0.3, -0.25) is 9.69 Å². The number of piperidine rings is 1. The molecule has 0 amide bonds. The lowest BCUT2D eigenvalue weighted by Gasteiger charge is -2.31. The van der Waals surface area contributed by atoms with Crippen LogP contribution in [0.3, 0.4) is 0 Å². The van der Waals surface area contributed by atoms with Gasteiger partial charge in [0.25, 0.3) is 0 Å². The van der Waals surface area contributed by atoms with Gasteiger partial charge in [-0.05, 0) is 38.5 Å². The van der Waals surface area contributed by atoms with E-state index >= 15 is 0 Å². The molecule has 2 rings (SSSR count). The zero-order chi connectivity index (χ0) is 12.1. The molecule has 0 spiro atoms. The molecule has 0 N–H and O–H groups in total. The minimum Gasteiger partial charge on any atom is -0.483 e. The molecule has 3 nitrogen and oxygen atoms in total. The van der Waals surface area contributed by atoms with Crippen molar-refractivity contribution in [2.75, 3.05) is 13.6 Å². The molecule has 3 heteroatoms. The summed E-state index contributed by atoms with van der Waals surface area (Å²) in [5.74, 6) is -0.0433. The lowest BCUT2D eigenvalue weighted by atomic mass is 10.00. The Labute approximate surface area is 102 Å². The molecule has 0 aromatic heterocycles. The smallest absolute Gasteiger partial charge is 0.166 e. The first kappa shape index (κ1) is 12.1. The number of carbonyl (C=O) groups is 1. The van der Waals surface area contributed by atoms with E-state index in [1.807, 2.05) is 18.2 Å². The van der Waals surface area contributed by atoms with Gasteiger partial charge in [-0.1, -0.05) is 18.2 Å². The van der Waals surface area contributed by atoms with Crippen LogP contribution in [0.25, 0.3) is 0 Å². The molecular weight excluding hydrogens is 214 g/mol. The Morgan fingerprint density at radius 3 is 3.06 bits per heavy atom. The molecule has 0 aromatic rings. The molecule has 1 heterocycles. The van der Waals surface area contributed by atoms with Crippen molar-refractivity contribution >= 4 is 5.78 Å². The van der Waals surface area contributed by atoms with Crippen LogP contribution < -0.4 is 0 Å². The summed E-state index contributed by atoms with van der Waals surface area (Å²) in [5, 5.41) is 0. The highest BCUT2D eigenvalue weighted by molar-refractivity contribution is 5.95. The monoisotopic (exact) mass is 233 g/mol. The SMILES string of the molecule is CN1CCCCC1OC=CC1C=CC=CC1=O. The molecule has 0 bridgehead atoms. The lowest BCUT2D eigenvalue weighted by Crippen LogP contribution is -2.37. The maximum absolute atomic E-state index is 11.5. The zero-order valence-corrected chi connectivity index (χ0v) is 10.2. The highest BCUT2D eigenvalue weighted by Gasteiger charge is 2.19. The average Bonchev–Trinajstić information content (AvgIpc) is 2.34. The Bertz CT molecular complexity index is 357. The number of allylic oxidation sites excluding steroid dienone is 5. The zero-order valence-electron chi connectivity index (χ0n) is 10.2. The normalized spacial score (nSPS) is 30.1. The number of ether oxygens (including phenoxy) is 1. The summed E-state index contributed by atoms with van der Waals surface area (Å²) >= 11 is 0. The molecule has 2 aliphatic rings. The number of hydrogen-bond donors (Lipinski definition) is 0. The largest absolute Gasteiger partial charge is 0.483 e. The number of carbonyl (C=O) groups excluding carboxylic acids is 1. The number of ketones is 1. The van der Waals surface area contributed by atoms with Crippen molar-refractivity contribution in [3.05, 3.63) is 36.6 Å². The van der Waals surface area contributed by atoms with E-state index in [1.54, 1.807) is 18.4 Å². The molecule has 2 unspecified atom stereocenters. The highest BCUT2D eigenvalue weighted by Crippen LogP contribution is 2.17. The molecular formula is C14H19NO2. The van der Waals surface area contributed by atoms with E-state index in [1.165, 1.54) is 12.8 Å². The van der Waals surface area contributed by atoms with Crippen molar-refractivity contribution in [1.82, 2.24) is 4.90 Å². The van der Waals surface area contributed by atoms with Gasteiger partial charge in [0.05, 0.1) is 12.2 Å². The van der Waals surface area contributed by atoms with Crippen LogP contribution in [0.4, 0.5) is 0 Å². The second kappa shape index (κ2) is 5.82. The van der Waals surface area contributed by atoms with Crippen LogP contribution >= 0.6 is 0 Å². The predicted molar refractivity (Wildman–Crippen MR) is 67.3 cm³/mol. The molecule has 0 aromatic carbocycles. The van der Waals surface area contributed by atoms with Crippen LogP contribution in [0.5, 0.6) is 0 Å². The number of hydrogen-bond acceptors (Lipinski definition) is 3. The second-order valence-electron chi connectivity index (χ2n) is 4.57. The number of rotatable bonds is 3. The van der Waals surface area contributed by atoms with Crippen molar-refractivity contribution in [2.24, 2.45) is 5.92 Å². The van der Waals surface area contributed by atoms with Crippen molar-refractivity contribution in [1.29, 1.82) is 0 Å². The standard InChI is InChI=1S/C14H19NO2/c1-15-10-5-4-8-14(15)17-11-9-12-6-2-3-7-13(12)16/h2-3,6-7,9,11-12,14H,4-5,8,10H2,1H3. The Hall–Kier alpha value is -1.35. The van der Waals surface area contributed by atoms with Gasteiger partial charge in [0.15, 0.2) is 12.0 Å². The predicted octanol–water partition coefficient (Wildman–Crippen LogP) is 2.27. The third-order valence-electron chi connectivity index (χ3n) is 3.24. The van der Waals surface area contributed by atoms with Crippen molar-refractivity contribution < 1.29 is 9.53 Å². The number of nitrogens with zero attached hydrogens (tertiary/aromatic N) is 1. The second-order valence-corrected chi connectivity index (χ2v) is 4.57. The Morgan fingerprint density at radius 2 is 2.29 bits per heavy atom. The summed E-state index contributed by atoms with van der Waals surface area (Å²) in [6, 6.07) is 0. The fraction of sp³-hybridized carbons (Fsp3) is 0.500. The summed E-state index contributed by atoms with van der Waals surface area (Å²) < 4.78 is 5.68. The van der Waals surface area contributed by atoms with Gasteiger partial charge in [0, 0.05) is 6.54 Å². The number of likely N-dealkylation sites (tertiary alicyclic amines) is 1. The fourth-order valence-electron chi connectivity index (χ4n) is 2.14. The third-order valence-corrected chi connectivity index (χ3v) is 3.24. The summed E-state index contributed by atoms with van der Waals surface area (Å²) in [5.41, 5.74) is 0. The maximum Gasteiger partial charge on any atom is 0.166 e.